The van der Waals surface area contributed by atoms with Crippen LogP contribution in [-0.4, -0.2) is 42.5 Å². The number of fused-ring (bicyclic) bond motifs is 3. The summed E-state index contributed by atoms with van der Waals surface area (Å²) in [5.74, 6) is 1.79. The van der Waals surface area contributed by atoms with Gasteiger partial charge in [0.25, 0.3) is 0 Å². The molecule has 4 heterocycles. The van der Waals surface area contributed by atoms with Crippen molar-refractivity contribution in [3.63, 3.8) is 0 Å². The Morgan fingerprint density at radius 2 is 1.94 bits per heavy atom. The molecule has 5 rings (SSSR count). The molecule has 0 saturated carbocycles. The van der Waals surface area contributed by atoms with E-state index in [9.17, 15) is 4.79 Å². The Kier molecular flexibility index (Phi) is 7.23. The first-order valence-corrected chi connectivity index (χ1v) is 12.1. The van der Waals surface area contributed by atoms with Gasteiger partial charge in [-0.25, -0.2) is 4.98 Å². The summed E-state index contributed by atoms with van der Waals surface area (Å²) in [4.78, 5) is 20.4. The number of aliphatic imine (C=N–C) groups is 1. The van der Waals surface area contributed by atoms with Gasteiger partial charge in [0.15, 0.2) is 5.82 Å². The van der Waals surface area contributed by atoms with E-state index in [1.165, 1.54) is 22.9 Å². The van der Waals surface area contributed by atoms with Crippen LogP contribution in [0.15, 0.2) is 48.0 Å². The Labute approximate surface area is 207 Å². The smallest absolute Gasteiger partial charge is 0.216 e. The Balaban J connectivity index is 0.000000210. The number of hydrogen-bond acceptors (Lipinski definition) is 6. The fourth-order valence-electron chi connectivity index (χ4n) is 3.67. The summed E-state index contributed by atoms with van der Waals surface area (Å²) in [6.07, 6.45) is 5.30. The summed E-state index contributed by atoms with van der Waals surface area (Å²) >= 11 is 7.80. The highest BCUT2D eigenvalue weighted by Gasteiger charge is 2.26. The minimum atomic E-state index is 0.00474. The minimum Gasteiger partial charge on any atom is -0.355 e. The van der Waals surface area contributed by atoms with Crippen LogP contribution in [0.1, 0.15) is 40.1 Å². The zero-order valence-electron chi connectivity index (χ0n) is 19.5. The van der Waals surface area contributed by atoms with E-state index in [0.717, 1.165) is 39.5 Å². The molecule has 0 aliphatic carbocycles. The summed E-state index contributed by atoms with van der Waals surface area (Å²) < 4.78 is 4.04. The second-order valence-corrected chi connectivity index (χ2v) is 9.56. The molecule has 0 saturated heterocycles. The fraction of sp³-hybridized carbons (Fsp3) is 0.292. The summed E-state index contributed by atoms with van der Waals surface area (Å²) in [5.41, 5.74) is 4.52. The Morgan fingerprint density at radius 1 is 1.18 bits per heavy atom. The molecular formula is C24H26ClN7OS. The lowest BCUT2D eigenvalue weighted by molar-refractivity contribution is -0.118. The predicted molar refractivity (Wildman–Crippen MR) is 135 cm³/mol. The molecule has 0 unspecified atom stereocenters. The standard InChI is InChI=1S/C17H15ClN4S.C7H11N3O/c1-9-10(2)23-17-15(9)16(12-4-6-13(18)7-5-12)19-8-14-21-20-11(3)22(14)17;1-7(11)9-3-5-10-4-2-8-6-10/h4-7H,8H2,1-3H3;2,4,6H,3,5H2,1H3,(H,9,11). The molecule has 1 amide bonds. The fourth-order valence-corrected chi connectivity index (χ4v) is 5.02. The molecular weight excluding hydrogens is 470 g/mol. The van der Waals surface area contributed by atoms with Crippen molar-refractivity contribution in [3.05, 3.63) is 81.2 Å². The maximum absolute atomic E-state index is 10.4. The van der Waals surface area contributed by atoms with Crippen molar-refractivity contribution < 1.29 is 4.79 Å². The molecule has 0 atom stereocenters. The van der Waals surface area contributed by atoms with Gasteiger partial charge < -0.3 is 9.88 Å². The highest BCUT2D eigenvalue weighted by Crippen LogP contribution is 2.36. The monoisotopic (exact) mass is 495 g/mol. The summed E-state index contributed by atoms with van der Waals surface area (Å²) in [5, 5.41) is 13.1. The van der Waals surface area contributed by atoms with E-state index in [1.54, 1.807) is 23.9 Å². The number of benzene rings is 1. The molecule has 176 valence electrons. The van der Waals surface area contributed by atoms with Gasteiger partial charge in [-0.3, -0.25) is 14.4 Å². The summed E-state index contributed by atoms with van der Waals surface area (Å²) in [7, 11) is 0. The van der Waals surface area contributed by atoms with Crippen molar-refractivity contribution in [2.45, 2.75) is 40.8 Å². The molecule has 1 aliphatic heterocycles. The third kappa shape index (κ3) is 5.10. The predicted octanol–water partition coefficient (Wildman–Crippen LogP) is 4.28. The molecule has 1 N–H and O–H groups in total. The van der Waals surface area contributed by atoms with Crippen LogP contribution in [0.3, 0.4) is 0 Å². The molecule has 1 aromatic carbocycles. The molecule has 0 fully saturated rings. The van der Waals surface area contributed by atoms with Gasteiger partial charge in [-0.05, 0) is 38.5 Å². The number of hydrogen-bond donors (Lipinski definition) is 1. The van der Waals surface area contributed by atoms with E-state index in [2.05, 4.69) is 38.9 Å². The normalized spacial score (nSPS) is 12.1. The average Bonchev–Trinajstić information content (AvgIpc) is 3.49. The van der Waals surface area contributed by atoms with Crippen LogP contribution in [0, 0.1) is 20.8 Å². The van der Waals surface area contributed by atoms with E-state index >= 15 is 0 Å². The lowest BCUT2D eigenvalue weighted by Gasteiger charge is -2.09. The van der Waals surface area contributed by atoms with E-state index in [0.29, 0.717) is 13.1 Å². The number of amides is 1. The number of imidazole rings is 1. The SMILES string of the molecule is CC(=O)NCCn1ccnc1.Cc1sc2c(c1C)C(c1ccc(Cl)cc1)=NCc1nnc(C)n1-2. The third-order valence-corrected chi connectivity index (χ3v) is 6.94. The summed E-state index contributed by atoms with van der Waals surface area (Å²) in [6, 6.07) is 7.86. The van der Waals surface area contributed by atoms with Crippen molar-refractivity contribution in [3.8, 4) is 5.00 Å². The van der Waals surface area contributed by atoms with Crippen LogP contribution in [0.4, 0.5) is 0 Å². The Morgan fingerprint density at radius 3 is 2.62 bits per heavy atom. The van der Waals surface area contributed by atoms with Crippen LogP contribution in [-0.2, 0) is 17.9 Å². The first kappa shape index (κ1) is 23.8. The van der Waals surface area contributed by atoms with Gasteiger partial charge >= 0.3 is 0 Å². The van der Waals surface area contributed by atoms with Crippen LogP contribution in [0.2, 0.25) is 5.02 Å². The molecule has 4 aromatic rings. The second-order valence-electron chi connectivity index (χ2n) is 7.92. The van der Waals surface area contributed by atoms with Crippen molar-refractivity contribution in [2.75, 3.05) is 6.54 Å². The zero-order valence-corrected chi connectivity index (χ0v) is 21.1. The maximum Gasteiger partial charge on any atom is 0.216 e. The molecule has 10 heteroatoms. The van der Waals surface area contributed by atoms with Crippen molar-refractivity contribution in [2.24, 2.45) is 4.99 Å². The highest BCUT2D eigenvalue weighted by atomic mass is 35.5. The quantitative estimate of drug-likeness (QED) is 0.457. The topological polar surface area (TPSA) is 90.0 Å². The van der Waals surface area contributed by atoms with Crippen molar-refractivity contribution >= 4 is 34.6 Å². The molecule has 34 heavy (non-hydrogen) atoms. The van der Waals surface area contributed by atoms with Gasteiger partial charge in [-0.1, -0.05) is 23.7 Å². The number of carbonyl (C=O) groups is 1. The first-order valence-electron chi connectivity index (χ1n) is 10.9. The van der Waals surface area contributed by atoms with Gasteiger partial charge in [0.1, 0.15) is 17.4 Å². The van der Waals surface area contributed by atoms with Gasteiger partial charge in [-0.2, -0.15) is 0 Å². The lowest BCUT2D eigenvalue weighted by Crippen LogP contribution is -2.23. The molecule has 0 spiro atoms. The second kappa shape index (κ2) is 10.3. The third-order valence-electron chi connectivity index (χ3n) is 5.50. The zero-order chi connectivity index (χ0) is 24.2. The number of nitrogens with one attached hydrogen (secondary N) is 1. The van der Waals surface area contributed by atoms with Gasteiger partial charge in [0.2, 0.25) is 5.91 Å². The number of halogens is 1. The lowest BCUT2D eigenvalue weighted by atomic mass is 10.00. The molecule has 0 radical (unpaired) electrons. The van der Waals surface area contributed by atoms with Gasteiger partial charge in [-0.15, -0.1) is 21.5 Å². The van der Waals surface area contributed by atoms with Gasteiger partial charge in [0, 0.05) is 53.4 Å². The minimum absolute atomic E-state index is 0.00474. The van der Waals surface area contributed by atoms with Crippen molar-refractivity contribution in [1.82, 2.24) is 29.6 Å². The summed E-state index contributed by atoms with van der Waals surface area (Å²) in [6.45, 7) is 9.75. The van der Waals surface area contributed by atoms with E-state index in [4.69, 9.17) is 16.6 Å². The number of rotatable bonds is 4. The molecule has 0 bridgehead atoms. The van der Waals surface area contributed by atoms with Crippen LogP contribution >= 0.6 is 22.9 Å². The average molecular weight is 496 g/mol. The maximum atomic E-state index is 10.4. The molecule has 3 aromatic heterocycles. The van der Waals surface area contributed by atoms with E-state index < -0.39 is 0 Å². The van der Waals surface area contributed by atoms with Crippen molar-refractivity contribution in [1.29, 1.82) is 0 Å². The number of carbonyl (C=O) groups excluding carboxylic acids is 1. The Hall–Kier alpha value is -3.30. The first-order chi connectivity index (χ1) is 16.3. The number of aromatic nitrogens is 5. The highest BCUT2D eigenvalue weighted by molar-refractivity contribution is 7.15. The van der Waals surface area contributed by atoms with Crippen LogP contribution in [0.5, 0.6) is 0 Å². The van der Waals surface area contributed by atoms with E-state index in [-0.39, 0.29) is 5.91 Å². The Bertz CT molecular complexity index is 1320. The largest absolute Gasteiger partial charge is 0.355 e. The molecule has 1 aliphatic rings. The number of aryl methyl sites for hydroxylation is 2. The van der Waals surface area contributed by atoms with Crippen LogP contribution in [0.25, 0.3) is 5.00 Å². The van der Waals surface area contributed by atoms with Gasteiger partial charge in [0.05, 0.1) is 12.0 Å². The molecule has 8 nitrogen and oxygen atoms in total. The van der Waals surface area contributed by atoms with Crippen LogP contribution < -0.4 is 5.32 Å². The number of nitrogens with zero attached hydrogens (tertiary/aromatic N) is 6. The van der Waals surface area contributed by atoms with E-state index in [1.807, 2.05) is 42.0 Å². The number of thiophene rings is 1.